The summed E-state index contributed by atoms with van der Waals surface area (Å²) in [5.74, 6) is -0.0478. The zero-order chi connectivity index (χ0) is 15.4. The van der Waals surface area contributed by atoms with Crippen molar-refractivity contribution >= 4 is 31.0 Å². The fraction of sp³-hybridized carbons (Fsp3) is 0.818. The van der Waals surface area contributed by atoms with Crippen molar-refractivity contribution in [3.63, 3.8) is 0 Å². The van der Waals surface area contributed by atoms with Gasteiger partial charge in [0.05, 0.1) is 11.0 Å². The molecule has 0 aliphatic carbocycles. The number of sulfone groups is 2. The Bertz CT molecular complexity index is 634. The van der Waals surface area contributed by atoms with Crippen molar-refractivity contribution in [1.82, 2.24) is 10.2 Å². The second-order valence-corrected chi connectivity index (χ2v) is 10.2. The Kier molecular flexibility index (Phi) is 6.08. The van der Waals surface area contributed by atoms with Crippen LogP contribution in [0, 0.1) is 0 Å². The highest BCUT2D eigenvalue weighted by Gasteiger charge is 2.31. The first-order valence-corrected chi connectivity index (χ1v) is 10.6. The Hall–Kier alpha value is -0.540. The number of rotatable bonds is 8. The van der Waals surface area contributed by atoms with Gasteiger partial charge in [-0.25, -0.2) is 16.8 Å². The van der Waals surface area contributed by atoms with Crippen molar-refractivity contribution in [3.8, 4) is 0 Å². The van der Waals surface area contributed by atoms with Gasteiger partial charge in [-0.05, 0) is 19.3 Å². The topological polar surface area (TPSA) is 94.1 Å². The Balaban J connectivity index is 3.14. The summed E-state index contributed by atoms with van der Waals surface area (Å²) in [6.07, 6.45) is 2.22. The lowest BCUT2D eigenvalue weighted by atomic mass is 10.2. The average Bonchev–Trinajstić information content (AvgIpc) is 2.86. The van der Waals surface area contributed by atoms with Gasteiger partial charge in [0.15, 0.2) is 0 Å². The summed E-state index contributed by atoms with van der Waals surface area (Å²) in [5, 5.41) is 6.61. The summed E-state index contributed by atoms with van der Waals surface area (Å²) in [6.45, 7) is 5.45. The molecule has 1 heterocycles. The van der Waals surface area contributed by atoms with Gasteiger partial charge in [0, 0.05) is 0 Å². The molecule has 1 aromatic heterocycles. The fourth-order valence-electron chi connectivity index (χ4n) is 1.84. The molecule has 0 N–H and O–H groups in total. The van der Waals surface area contributed by atoms with E-state index in [2.05, 4.69) is 10.2 Å². The first-order chi connectivity index (χ1) is 9.29. The van der Waals surface area contributed by atoms with Crippen molar-refractivity contribution in [3.05, 3.63) is 0 Å². The molecule has 1 rings (SSSR count). The minimum atomic E-state index is -3.59. The molecule has 1 unspecified atom stereocenters. The molecule has 0 radical (unpaired) electrons. The molecular weight excluding hydrogens is 320 g/mol. The maximum absolute atomic E-state index is 12.4. The SMILES string of the molecule is CCCC(CC)S(=O)(=O)c1nnc(S(=O)(=O)CCC)s1. The average molecular weight is 340 g/mol. The monoisotopic (exact) mass is 340 g/mol. The Morgan fingerprint density at radius 3 is 2.10 bits per heavy atom. The maximum atomic E-state index is 12.4. The van der Waals surface area contributed by atoms with E-state index < -0.39 is 24.9 Å². The van der Waals surface area contributed by atoms with Crippen LogP contribution in [-0.2, 0) is 19.7 Å². The van der Waals surface area contributed by atoms with Gasteiger partial charge in [-0.15, -0.1) is 10.2 Å². The highest BCUT2D eigenvalue weighted by molar-refractivity contribution is 7.96. The van der Waals surface area contributed by atoms with E-state index in [1.165, 1.54) is 0 Å². The number of hydrogen-bond acceptors (Lipinski definition) is 7. The van der Waals surface area contributed by atoms with Gasteiger partial charge in [0.2, 0.25) is 28.4 Å². The van der Waals surface area contributed by atoms with Gasteiger partial charge < -0.3 is 0 Å². The van der Waals surface area contributed by atoms with Crippen molar-refractivity contribution in [2.24, 2.45) is 0 Å². The van der Waals surface area contributed by atoms with Crippen LogP contribution in [0.4, 0.5) is 0 Å². The zero-order valence-corrected chi connectivity index (χ0v) is 14.3. The molecule has 0 fully saturated rings. The molecule has 20 heavy (non-hydrogen) atoms. The molecule has 0 saturated heterocycles. The van der Waals surface area contributed by atoms with Crippen LogP contribution in [-0.4, -0.2) is 38.0 Å². The number of nitrogens with zero attached hydrogens (tertiary/aromatic N) is 2. The lowest BCUT2D eigenvalue weighted by Crippen LogP contribution is -2.20. The summed E-state index contributed by atoms with van der Waals surface area (Å²) >= 11 is 0.658. The molecule has 6 nitrogen and oxygen atoms in total. The number of aromatic nitrogens is 2. The first kappa shape index (κ1) is 17.5. The lowest BCUT2D eigenvalue weighted by Gasteiger charge is -2.11. The Labute approximate surface area is 124 Å². The van der Waals surface area contributed by atoms with Crippen LogP contribution >= 0.6 is 11.3 Å². The number of hydrogen-bond donors (Lipinski definition) is 0. The van der Waals surface area contributed by atoms with E-state index in [0.717, 1.165) is 6.42 Å². The van der Waals surface area contributed by atoms with Crippen LogP contribution < -0.4 is 0 Å². The van der Waals surface area contributed by atoms with E-state index in [9.17, 15) is 16.8 Å². The Morgan fingerprint density at radius 1 is 1.00 bits per heavy atom. The molecule has 1 aromatic rings. The lowest BCUT2D eigenvalue weighted by molar-refractivity contribution is 0.561. The summed E-state index contributed by atoms with van der Waals surface area (Å²) in [4.78, 5) is 0. The second-order valence-electron chi connectivity index (χ2n) is 4.52. The zero-order valence-electron chi connectivity index (χ0n) is 11.9. The normalized spacial score (nSPS) is 14.3. The molecular formula is C11H20N2O4S3. The van der Waals surface area contributed by atoms with E-state index >= 15 is 0 Å². The fourth-order valence-corrected chi connectivity index (χ4v) is 6.71. The van der Waals surface area contributed by atoms with Gasteiger partial charge in [-0.3, -0.25) is 0 Å². The molecule has 0 bridgehead atoms. The van der Waals surface area contributed by atoms with Crippen LogP contribution in [0.3, 0.4) is 0 Å². The van der Waals surface area contributed by atoms with Gasteiger partial charge >= 0.3 is 0 Å². The van der Waals surface area contributed by atoms with Crippen LogP contribution in [0.5, 0.6) is 0 Å². The summed E-state index contributed by atoms with van der Waals surface area (Å²) < 4.78 is 48.0. The van der Waals surface area contributed by atoms with Crippen LogP contribution in [0.1, 0.15) is 46.5 Å². The molecule has 9 heteroatoms. The molecule has 0 amide bonds. The van der Waals surface area contributed by atoms with E-state index in [4.69, 9.17) is 0 Å². The highest BCUT2D eigenvalue weighted by Crippen LogP contribution is 2.27. The quantitative estimate of drug-likeness (QED) is 0.719. The van der Waals surface area contributed by atoms with E-state index in [0.29, 0.717) is 30.6 Å². The van der Waals surface area contributed by atoms with Crippen molar-refractivity contribution in [2.75, 3.05) is 5.75 Å². The third kappa shape index (κ3) is 3.76. The third-order valence-electron chi connectivity index (χ3n) is 2.88. The second kappa shape index (κ2) is 6.95. The van der Waals surface area contributed by atoms with Gasteiger partial charge in [0.25, 0.3) is 0 Å². The third-order valence-corrected chi connectivity index (χ3v) is 8.92. The minimum absolute atomic E-state index is 0.0478. The summed E-state index contributed by atoms with van der Waals surface area (Å²) in [7, 11) is -7.10. The van der Waals surface area contributed by atoms with Crippen LogP contribution in [0.15, 0.2) is 8.68 Å². The first-order valence-electron chi connectivity index (χ1n) is 6.59. The molecule has 0 spiro atoms. The predicted molar refractivity (Wildman–Crippen MR) is 78.4 cm³/mol. The van der Waals surface area contributed by atoms with Crippen LogP contribution in [0.25, 0.3) is 0 Å². The van der Waals surface area contributed by atoms with Gasteiger partial charge in [0.1, 0.15) is 0 Å². The van der Waals surface area contributed by atoms with E-state index in [-0.39, 0.29) is 14.4 Å². The molecule has 116 valence electrons. The standard InChI is InChI=1S/C11H20N2O4S3/c1-4-7-9(6-3)20(16,17)11-13-12-10(18-11)19(14,15)8-5-2/h9H,4-8H2,1-3H3. The Morgan fingerprint density at radius 2 is 1.60 bits per heavy atom. The minimum Gasteiger partial charge on any atom is -0.221 e. The van der Waals surface area contributed by atoms with Crippen LogP contribution in [0.2, 0.25) is 0 Å². The molecule has 1 atom stereocenters. The molecule has 0 aliphatic rings. The molecule has 0 saturated carbocycles. The largest absolute Gasteiger partial charge is 0.233 e. The van der Waals surface area contributed by atoms with Gasteiger partial charge in [-0.2, -0.15) is 0 Å². The van der Waals surface area contributed by atoms with Crippen molar-refractivity contribution in [1.29, 1.82) is 0 Å². The van der Waals surface area contributed by atoms with Crippen molar-refractivity contribution in [2.45, 2.75) is 60.4 Å². The van der Waals surface area contributed by atoms with E-state index in [1.54, 1.807) is 13.8 Å². The smallest absolute Gasteiger partial charge is 0.221 e. The van der Waals surface area contributed by atoms with E-state index in [1.807, 2.05) is 6.92 Å². The molecule has 0 aliphatic heterocycles. The van der Waals surface area contributed by atoms with Crippen molar-refractivity contribution < 1.29 is 16.8 Å². The molecule has 0 aromatic carbocycles. The summed E-state index contributed by atoms with van der Waals surface area (Å²) in [6, 6.07) is 0. The predicted octanol–water partition coefficient (Wildman–Crippen LogP) is 2.07. The maximum Gasteiger partial charge on any atom is 0.233 e. The highest BCUT2D eigenvalue weighted by atomic mass is 32.3. The van der Waals surface area contributed by atoms with Gasteiger partial charge in [-0.1, -0.05) is 38.5 Å². The summed E-state index contributed by atoms with van der Waals surface area (Å²) in [5.41, 5.74) is 0.